The van der Waals surface area contributed by atoms with Crippen LogP contribution in [0, 0.1) is 0 Å². The van der Waals surface area contributed by atoms with Crippen LogP contribution in [0.5, 0.6) is 5.75 Å². The quantitative estimate of drug-likeness (QED) is 0.671. The summed E-state index contributed by atoms with van der Waals surface area (Å²) in [5.74, 6) is 0.361. The lowest BCUT2D eigenvalue weighted by Gasteiger charge is -2.38. The summed E-state index contributed by atoms with van der Waals surface area (Å²) >= 11 is 0. The highest BCUT2D eigenvalue weighted by Crippen LogP contribution is 2.23. The van der Waals surface area contributed by atoms with E-state index in [4.69, 9.17) is 4.74 Å². The Bertz CT molecular complexity index is 1030. The molecular weight excluding hydrogens is 380 g/mol. The van der Waals surface area contributed by atoms with Crippen molar-refractivity contribution in [2.75, 3.05) is 11.9 Å². The number of ether oxygens (including phenoxy) is 1. The highest BCUT2D eigenvalue weighted by atomic mass is 16.5. The van der Waals surface area contributed by atoms with Crippen molar-refractivity contribution in [2.45, 2.75) is 45.2 Å². The second-order valence-corrected chi connectivity index (χ2v) is 7.87. The molecule has 4 rings (SSSR count). The summed E-state index contributed by atoms with van der Waals surface area (Å²) in [6.07, 6.45) is 4.94. The zero-order chi connectivity index (χ0) is 21.1. The Morgan fingerprint density at radius 2 is 1.87 bits per heavy atom. The molecule has 1 aliphatic heterocycles. The van der Waals surface area contributed by atoms with Crippen molar-refractivity contribution in [2.24, 2.45) is 0 Å². The number of carbonyl (C=O) groups is 2. The molecule has 2 amide bonds. The van der Waals surface area contributed by atoms with Gasteiger partial charge in [0.15, 0.2) is 6.61 Å². The Morgan fingerprint density at radius 1 is 1.13 bits per heavy atom. The number of aromatic nitrogens is 2. The molecule has 2 N–H and O–H groups in total. The molecule has 2 heterocycles. The zero-order valence-corrected chi connectivity index (χ0v) is 17.2. The fourth-order valence-corrected chi connectivity index (χ4v) is 4.06. The van der Waals surface area contributed by atoms with Crippen LogP contribution < -0.4 is 10.1 Å². The number of hydrogen-bond acceptors (Lipinski definition) is 4. The van der Waals surface area contributed by atoms with E-state index in [1.54, 1.807) is 30.5 Å². The molecule has 1 aliphatic rings. The third-order valence-corrected chi connectivity index (χ3v) is 5.66. The third-order valence-electron chi connectivity index (χ3n) is 5.66. The van der Waals surface area contributed by atoms with Crippen LogP contribution in [0.15, 0.2) is 48.7 Å². The van der Waals surface area contributed by atoms with Crippen molar-refractivity contribution in [3.05, 3.63) is 54.2 Å². The van der Waals surface area contributed by atoms with E-state index in [2.05, 4.69) is 29.4 Å². The number of nitrogens with zero attached hydrogens (tertiary/aromatic N) is 2. The summed E-state index contributed by atoms with van der Waals surface area (Å²) in [7, 11) is 0. The van der Waals surface area contributed by atoms with E-state index < -0.39 is 0 Å². The summed E-state index contributed by atoms with van der Waals surface area (Å²) in [4.78, 5) is 27.0. The molecule has 0 bridgehead atoms. The number of amides is 2. The minimum Gasteiger partial charge on any atom is -0.484 e. The van der Waals surface area contributed by atoms with Gasteiger partial charge in [0.05, 0.1) is 11.7 Å². The van der Waals surface area contributed by atoms with Crippen LogP contribution in [0.25, 0.3) is 10.9 Å². The normalized spacial score (nSPS) is 18.9. The largest absolute Gasteiger partial charge is 0.484 e. The van der Waals surface area contributed by atoms with Crippen molar-refractivity contribution in [1.82, 2.24) is 15.1 Å². The highest BCUT2D eigenvalue weighted by Gasteiger charge is 2.28. The number of anilines is 1. The number of hydrogen-bond donors (Lipinski definition) is 2. The molecule has 2 unspecified atom stereocenters. The highest BCUT2D eigenvalue weighted by molar-refractivity contribution is 6.05. The van der Waals surface area contributed by atoms with Gasteiger partial charge in [-0.25, -0.2) is 0 Å². The number of nitrogens with one attached hydrogen (secondary N) is 2. The second kappa shape index (κ2) is 8.57. The Morgan fingerprint density at radius 3 is 2.60 bits per heavy atom. The van der Waals surface area contributed by atoms with Crippen molar-refractivity contribution < 1.29 is 14.3 Å². The van der Waals surface area contributed by atoms with Gasteiger partial charge in [-0.2, -0.15) is 5.10 Å². The van der Waals surface area contributed by atoms with E-state index in [0.717, 1.165) is 30.2 Å². The minimum atomic E-state index is -0.212. The van der Waals surface area contributed by atoms with E-state index in [1.807, 2.05) is 23.1 Å². The van der Waals surface area contributed by atoms with E-state index in [0.29, 0.717) is 17.0 Å². The average molecular weight is 406 g/mol. The van der Waals surface area contributed by atoms with E-state index in [1.165, 1.54) is 0 Å². The van der Waals surface area contributed by atoms with Gasteiger partial charge in [-0.15, -0.1) is 0 Å². The Labute approximate surface area is 175 Å². The van der Waals surface area contributed by atoms with E-state index in [-0.39, 0.29) is 30.5 Å². The predicted octanol–water partition coefficient (Wildman–Crippen LogP) is 3.98. The summed E-state index contributed by atoms with van der Waals surface area (Å²) in [6.45, 7) is 4.18. The average Bonchev–Trinajstić information content (AvgIpc) is 3.20. The van der Waals surface area contributed by atoms with Crippen molar-refractivity contribution >= 4 is 28.4 Å². The van der Waals surface area contributed by atoms with Gasteiger partial charge in [0, 0.05) is 28.7 Å². The van der Waals surface area contributed by atoms with Crippen LogP contribution in [-0.2, 0) is 4.79 Å². The van der Waals surface area contributed by atoms with Crippen LogP contribution in [0.2, 0.25) is 0 Å². The van der Waals surface area contributed by atoms with Gasteiger partial charge >= 0.3 is 0 Å². The lowest BCUT2D eigenvalue weighted by molar-refractivity contribution is -0.139. The first-order chi connectivity index (χ1) is 14.5. The van der Waals surface area contributed by atoms with Gasteiger partial charge < -0.3 is 15.0 Å². The molecule has 2 atom stereocenters. The lowest BCUT2D eigenvalue weighted by Crippen LogP contribution is -2.49. The molecule has 0 spiro atoms. The van der Waals surface area contributed by atoms with Crippen LogP contribution >= 0.6 is 0 Å². The maximum Gasteiger partial charge on any atom is 0.260 e. The standard InChI is InChI=1S/C23H26N4O3/c1-15-4-3-5-16(2)27(15)22(28)14-30-20-9-6-17(7-10-20)23(29)25-19-8-11-21-18(12-19)13-24-26-21/h6-13,15-16H,3-5,14H2,1-2H3,(H,24,26)(H,25,29). The number of likely N-dealkylation sites (tertiary alicyclic amines) is 1. The van der Waals surface area contributed by atoms with E-state index >= 15 is 0 Å². The molecule has 0 radical (unpaired) electrons. The maximum absolute atomic E-state index is 12.6. The summed E-state index contributed by atoms with van der Waals surface area (Å²) in [6, 6.07) is 12.9. The first-order valence-electron chi connectivity index (χ1n) is 10.3. The topological polar surface area (TPSA) is 87.3 Å². The van der Waals surface area contributed by atoms with E-state index in [9.17, 15) is 9.59 Å². The minimum absolute atomic E-state index is 0.00490. The predicted molar refractivity (Wildman–Crippen MR) is 116 cm³/mol. The number of benzene rings is 2. The Balaban J connectivity index is 1.34. The molecule has 7 heteroatoms. The van der Waals surface area contributed by atoms with Gasteiger partial charge in [0.1, 0.15) is 5.75 Å². The molecule has 0 saturated carbocycles. The number of piperidine rings is 1. The van der Waals surface area contributed by atoms with Gasteiger partial charge in [-0.05, 0) is 75.6 Å². The maximum atomic E-state index is 12.6. The van der Waals surface area contributed by atoms with Crippen LogP contribution in [0.3, 0.4) is 0 Å². The third kappa shape index (κ3) is 4.30. The fourth-order valence-electron chi connectivity index (χ4n) is 4.06. The second-order valence-electron chi connectivity index (χ2n) is 7.87. The van der Waals surface area contributed by atoms with Gasteiger partial charge in [-0.1, -0.05) is 0 Å². The monoisotopic (exact) mass is 406 g/mol. The first-order valence-corrected chi connectivity index (χ1v) is 10.3. The Hall–Kier alpha value is -3.35. The first kappa shape index (κ1) is 19.9. The summed E-state index contributed by atoms with van der Waals surface area (Å²) in [5, 5.41) is 10.7. The molecule has 0 aliphatic carbocycles. The summed E-state index contributed by atoms with van der Waals surface area (Å²) in [5.41, 5.74) is 2.13. The number of aromatic amines is 1. The molecule has 1 fully saturated rings. The number of H-pyrrole nitrogens is 1. The molecule has 7 nitrogen and oxygen atoms in total. The molecule has 3 aromatic rings. The molecular formula is C23H26N4O3. The fraction of sp³-hybridized carbons (Fsp3) is 0.348. The van der Waals surface area contributed by atoms with Gasteiger partial charge in [0.25, 0.3) is 11.8 Å². The van der Waals surface area contributed by atoms with Crippen molar-refractivity contribution in [3.8, 4) is 5.75 Å². The van der Waals surface area contributed by atoms with Crippen LogP contribution in [0.1, 0.15) is 43.5 Å². The van der Waals surface area contributed by atoms with Gasteiger partial charge in [-0.3, -0.25) is 14.7 Å². The summed E-state index contributed by atoms with van der Waals surface area (Å²) < 4.78 is 5.68. The molecule has 1 saturated heterocycles. The molecule has 1 aromatic heterocycles. The van der Waals surface area contributed by atoms with Crippen molar-refractivity contribution in [3.63, 3.8) is 0 Å². The van der Waals surface area contributed by atoms with Gasteiger partial charge in [0.2, 0.25) is 0 Å². The smallest absolute Gasteiger partial charge is 0.260 e. The van der Waals surface area contributed by atoms with Crippen LogP contribution in [0.4, 0.5) is 5.69 Å². The Kier molecular flexibility index (Phi) is 5.70. The number of rotatable bonds is 5. The lowest BCUT2D eigenvalue weighted by atomic mass is 9.97. The zero-order valence-electron chi connectivity index (χ0n) is 17.2. The molecule has 30 heavy (non-hydrogen) atoms. The van der Waals surface area contributed by atoms with Crippen molar-refractivity contribution in [1.29, 1.82) is 0 Å². The molecule has 156 valence electrons. The molecule has 2 aromatic carbocycles. The number of fused-ring (bicyclic) bond motifs is 1. The SMILES string of the molecule is CC1CCCC(C)N1C(=O)COc1ccc(C(=O)Nc2ccc3[nH]ncc3c2)cc1. The van der Waals surface area contributed by atoms with Crippen LogP contribution in [-0.4, -0.2) is 45.6 Å². The number of carbonyl (C=O) groups excluding carboxylic acids is 2.